The van der Waals surface area contributed by atoms with E-state index in [9.17, 15) is 4.79 Å². The maximum Gasteiger partial charge on any atom is 0.256 e. The van der Waals surface area contributed by atoms with Gasteiger partial charge in [0, 0.05) is 30.2 Å². The van der Waals surface area contributed by atoms with E-state index in [1.807, 2.05) is 24.3 Å². The first-order chi connectivity index (χ1) is 12.3. The van der Waals surface area contributed by atoms with E-state index in [1.54, 1.807) is 6.20 Å². The van der Waals surface area contributed by atoms with Gasteiger partial charge in [0.1, 0.15) is 0 Å². The minimum Gasteiger partial charge on any atom is -0.331 e. The SMILES string of the molecule is Cl.Cl.O=C(c1cc2ccccc2c2cccnc12)N1C2CCNCC1CC2. The van der Waals surface area contributed by atoms with Crippen molar-refractivity contribution in [3.8, 4) is 0 Å². The lowest BCUT2D eigenvalue weighted by Crippen LogP contribution is -2.42. The molecule has 6 heteroatoms. The molecule has 0 spiro atoms. The Labute approximate surface area is 171 Å². The lowest BCUT2D eigenvalue weighted by molar-refractivity contribution is 0.0682. The molecule has 3 aromatic rings. The van der Waals surface area contributed by atoms with Gasteiger partial charge < -0.3 is 10.2 Å². The van der Waals surface area contributed by atoms with Gasteiger partial charge in [-0.1, -0.05) is 30.3 Å². The molecule has 2 bridgehead atoms. The predicted molar refractivity (Wildman–Crippen MR) is 114 cm³/mol. The number of amides is 1. The summed E-state index contributed by atoms with van der Waals surface area (Å²) in [7, 11) is 0. The fourth-order valence-electron chi connectivity index (χ4n) is 4.55. The molecule has 2 aliphatic rings. The molecule has 3 heterocycles. The molecule has 2 atom stereocenters. The van der Waals surface area contributed by atoms with Crippen molar-refractivity contribution in [2.45, 2.75) is 31.3 Å². The second-order valence-electron chi connectivity index (χ2n) is 7.14. The minimum absolute atomic E-state index is 0. The third-order valence-corrected chi connectivity index (χ3v) is 5.73. The van der Waals surface area contributed by atoms with Crippen molar-refractivity contribution in [1.82, 2.24) is 15.2 Å². The fraction of sp³-hybridized carbons (Fsp3) is 0.333. The molecule has 2 aromatic carbocycles. The Morgan fingerprint density at radius 2 is 1.78 bits per heavy atom. The van der Waals surface area contributed by atoms with Gasteiger partial charge in [0.2, 0.25) is 0 Å². The summed E-state index contributed by atoms with van der Waals surface area (Å²) in [6.07, 6.45) is 5.05. The zero-order chi connectivity index (χ0) is 16.8. The van der Waals surface area contributed by atoms with Crippen LogP contribution in [0.1, 0.15) is 29.6 Å². The average Bonchev–Trinajstić information content (AvgIpc) is 2.93. The number of fused-ring (bicyclic) bond motifs is 5. The van der Waals surface area contributed by atoms with E-state index in [4.69, 9.17) is 0 Å². The van der Waals surface area contributed by atoms with Crippen molar-refractivity contribution in [2.24, 2.45) is 0 Å². The van der Waals surface area contributed by atoms with E-state index in [-0.39, 0.29) is 30.7 Å². The summed E-state index contributed by atoms with van der Waals surface area (Å²) in [4.78, 5) is 20.2. The molecule has 5 rings (SSSR count). The number of benzene rings is 2. The maximum atomic E-state index is 13.5. The molecular weight excluding hydrogens is 381 g/mol. The van der Waals surface area contributed by atoms with E-state index >= 15 is 0 Å². The van der Waals surface area contributed by atoms with Crippen LogP contribution in [0.15, 0.2) is 48.7 Å². The van der Waals surface area contributed by atoms with Crippen LogP contribution in [-0.4, -0.2) is 41.0 Å². The first kappa shape index (κ1) is 19.9. The molecule has 4 nitrogen and oxygen atoms in total. The Balaban J connectivity index is 0.00000105. The van der Waals surface area contributed by atoms with Crippen molar-refractivity contribution in [3.63, 3.8) is 0 Å². The highest BCUT2D eigenvalue weighted by Gasteiger charge is 2.38. The summed E-state index contributed by atoms with van der Waals surface area (Å²) in [5.74, 6) is 0.144. The molecule has 1 amide bonds. The smallest absolute Gasteiger partial charge is 0.256 e. The zero-order valence-corrected chi connectivity index (χ0v) is 16.6. The van der Waals surface area contributed by atoms with Gasteiger partial charge in [-0.25, -0.2) is 0 Å². The predicted octanol–water partition coefficient (Wildman–Crippen LogP) is 4.20. The number of hydrogen-bond acceptors (Lipinski definition) is 3. The Morgan fingerprint density at radius 1 is 1.00 bits per heavy atom. The summed E-state index contributed by atoms with van der Waals surface area (Å²) in [6, 6.07) is 15.0. The summed E-state index contributed by atoms with van der Waals surface area (Å²) >= 11 is 0. The van der Waals surface area contributed by atoms with Gasteiger partial charge in [0.15, 0.2) is 0 Å². The molecule has 142 valence electrons. The van der Waals surface area contributed by atoms with Crippen LogP contribution < -0.4 is 5.32 Å². The monoisotopic (exact) mass is 403 g/mol. The Hall–Kier alpha value is -1.88. The molecule has 2 aliphatic heterocycles. The topological polar surface area (TPSA) is 45.2 Å². The lowest BCUT2D eigenvalue weighted by atomic mass is 9.99. The van der Waals surface area contributed by atoms with Crippen molar-refractivity contribution >= 4 is 52.4 Å². The number of halogens is 2. The summed E-state index contributed by atoms with van der Waals surface area (Å²) in [5, 5.41) is 6.79. The molecule has 1 aromatic heterocycles. The first-order valence-corrected chi connectivity index (χ1v) is 9.13. The average molecular weight is 404 g/mol. The summed E-state index contributed by atoms with van der Waals surface area (Å²) in [6.45, 7) is 1.91. The molecular formula is C21H23Cl2N3O. The maximum absolute atomic E-state index is 13.5. The van der Waals surface area contributed by atoms with Crippen LogP contribution in [0.3, 0.4) is 0 Å². The van der Waals surface area contributed by atoms with Gasteiger partial charge >= 0.3 is 0 Å². The van der Waals surface area contributed by atoms with Crippen LogP contribution in [0, 0.1) is 0 Å². The van der Waals surface area contributed by atoms with E-state index in [0.717, 1.165) is 59.6 Å². The van der Waals surface area contributed by atoms with Crippen molar-refractivity contribution < 1.29 is 4.79 Å². The van der Waals surface area contributed by atoms with E-state index in [2.05, 4.69) is 33.4 Å². The number of carbonyl (C=O) groups excluding carboxylic acids is 1. The zero-order valence-electron chi connectivity index (χ0n) is 14.9. The molecule has 0 saturated carbocycles. The van der Waals surface area contributed by atoms with Gasteiger partial charge in [0.05, 0.1) is 11.1 Å². The number of nitrogens with zero attached hydrogens (tertiary/aromatic N) is 2. The Bertz CT molecular complexity index is 964. The number of nitrogens with one attached hydrogen (secondary N) is 1. The molecule has 1 N–H and O–H groups in total. The molecule has 2 saturated heterocycles. The second-order valence-corrected chi connectivity index (χ2v) is 7.14. The van der Waals surface area contributed by atoms with Crippen molar-refractivity contribution in [2.75, 3.05) is 13.1 Å². The molecule has 0 aliphatic carbocycles. The van der Waals surface area contributed by atoms with E-state index in [0.29, 0.717) is 12.1 Å². The fourth-order valence-corrected chi connectivity index (χ4v) is 4.55. The molecule has 0 radical (unpaired) electrons. The third kappa shape index (κ3) is 3.27. The van der Waals surface area contributed by atoms with Crippen LogP contribution in [0.25, 0.3) is 21.7 Å². The largest absolute Gasteiger partial charge is 0.331 e. The quantitative estimate of drug-likeness (QED) is 0.619. The summed E-state index contributed by atoms with van der Waals surface area (Å²) < 4.78 is 0. The highest BCUT2D eigenvalue weighted by molar-refractivity contribution is 6.15. The van der Waals surface area contributed by atoms with Crippen molar-refractivity contribution in [1.29, 1.82) is 0 Å². The number of rotatable bonds is 1. The molecule has 27 heavy (non-hydrogen) atoms. The number of pyridine rings is 1. The standard InChI is InChI=1S/C21H21N3O.2ClH/c25-21(24-15-7-8-16(24)13-22-11-9-15)19-12-14-4-1-2-5-17(14)18-6-3-10-23-20(18)19;;/h1-6,10,12,15-16,22H,7-9,11,13H2;2*1H. The molecule has 2 unspecified atom stereocenters. The second kappa shape index (κ2) is 8.01. The molecule has 2 fully saturated rings. The minimum atomic E-state index is 0. The van der Waals surface area contributed by atoms with Gasteiger partial charge in [0.25, 0.3) is 5.91 Å². The van der Waals surface area contributed by atoms with Crippen LogP contribution in [0.4, 0.5) is 0 Å². The number of carbonyl (C=O) groups is 1. The van der Waals surface area contributed by atoms with Crippen LogP contribution in [0.2, 0.25) is 0 Å². The van der Waals surface area contributed by atoms with Crippen LogP contribution >= 0.6 is 24.8 Å². The van der Waals surface area contributed by atoms with Gasteiger partial charge in [-0.3, -0.25) is 9.78 Å². The number of aromatic nitrogens is 1. The van der Waals surface area contributed by atoms with Crippen LogP contribution in [0.5, 0.6) is 0 Å². The highest BCUT2D eigenvalue weighted by atomic mass is 35.5. The number of hydrogen-bond donors (Lipinski definition) is 1. The van der Waals surface area contributed by atoms with Gasteiger partial charge in [-0.15, -0.1) is 24.8 Å². The van der Waals surface area contributed by atoms with E-state index < -0.39 is 0 Å². The normalized spacial score (nSPS) is 21.4. The van der Waals surface area contributed by atoms with Gasteiger partial charge in [-0.05, 0) is 48.7 Å². The first-order valence-electron chi connectivity index (χ1n) is 9.13. The highest BCUT2D eigenvalue weighted by Crippen LogP contribution is 2.33. The lowest BCUT2D eigenvalue weighted by Gasteiger charge is -2.28. The summed E-state index contributed by atoms with van der Waals surface area (Å²) in [5.41, 5.74) is 1.57. The van der Waals surface area contributed by atoms with Crippen molar-refractivity contribution in [3.05, 3.63) is 54.2 Å². The Morgan fingerprint density at radius 3 is 2.67 bits per heavy atom. The van der Waals surface area contributed by atoms with Crippen LogP contribution in [-0.2, 0) is 0 Å². The van der Waals surface area contributed by atoms with E-state index in [1.165, 1.54) is 0 Å². The third-order valence-electron chi connectivity index (χ3n) is 5.73. The van der Waals surface area contributed by atoms with Gasteiger partial charge in [-0.2, -0.15) is 0 Å². The Kier molecular flexibility index (Phi) is 5.89.